The van der Waals surface area contributed by atoms with Crippen molar-refractivity contribution < 1.29 is 9.47 Å². The van der Waals surface area contributed by atoms with Crippen LogP contribution in [0.15, 0.2) is 24.3 Å². The molecule has 1 aromatic carbocycles. The van der Waals surface area contributed by atoms with E-state index >= 15 is 0 Å². The first kappa shape index (κ1) is 16.8. The molecular weight excluding hydrogens is 250 g/mol. The van der Waals surface area contributed by atoms with Crippen molar-refractivity contribution in [1.82, 2.24) is 0 Å². The highest BCUT2D eigenvalue weighted by atomic mass is 16.5. The molecule has 1 rings (SSSR count). The Balaban J connectivity index is 2.31. The number of hydrogen-bond acceptors (Lipinski definition) is 3. The van der Waals surface area contributed by atoms with Gasteiger partial charge in [0.05, 0.1) is 13.2 Å². The van der Waals surface area contributed by atoms with Gasteiger partial charge in [0.1, 0.15) is 0 Å². The topological polar surface area (TPSA) is 44.5 Å². The first-order valence-corrected chi connectivity index (χ1v) is 7.64. The van der Waals surface area contributed by atoms with Gasteiger partial charge < -0.3 is 15.2 Å². The van der Waals surface area contributed by atoms with Crippen molar-refractivity contribution >= 4 is 0 Å². The molecule has 3 nitrogen and oxygen atoms in total. The molecule has 0 saturated heterocycles. The minimum atomic E-state index is 0.238. The molecule has 20 heavy (non-hydrogen) atoms. The summed E-state index contributed by atoms with van der Waals surface area (Å²) in [5.41, 5.74) is 5.97. The molecule has 0 amide bonds. The van der Waals surface area contributed by atoms with Gasteiger partial charge >= 0.3 is 0 Å². The van der Waals surface area contributed by atoms with E-state index < -0.39 is 0 Å². The van der Waals surface area contributed by atoms with E-state index in [1.54, 1.807) is 0 Å². The number of ether oxygens (including phenoxy) is 2. The van der Waals surface area contributed by atoms with E-state index in [9.17, 15) is 0 Å². The number of hydrogen-bond donors (Lipinski definition) is 1. The van der Waals surface area contributed by atoms with Crippen LogP contribution in [0.3, 0.4) is 0 Å². The molecule has 0 radical (unpaired) electrons. The van der Waals surface area contributed by atoms with Crippen LogP contribution in [0.25, 0.3) is 0 Å². The van der Waals surface area contributed by atoms with E-state index in [4.69, 9.17) is 15.2 Å². The molecule has 0 aliphatic rings. The van der Waals surface area contributed by atoms with Gasteiger partial charge in [0.15, 0.2) is 11.5 Å². The molecule has 0 spiro atoms. The van der Waals surface area contributed by atoms with Crippen LogP contribution in [-0.2, 0) is 0 Å². The van der Waals surface area contributed by atoms with Crippen LogP contribution in [-0.4, -0.2) is 19.8 Å². The molecule has 0 atom stereocenters. The predicted molar refractivity (Wildman–Crippen MR) is 84.4 cm³/mol. The van der Waals surface area contributed by atoms with Gasteiger partial charge in [-0.25, -0.2) is 0 Å². The van der Waals surface area contributed by atoms with Crippen molar-refractivity contribution in [2.75, 3.05) is 19.8 Å². The van der Waals surface area contributed by atoms with Crippen LogP contribution in [0.4, 0.5) is 0 Å². The Bertz CT molecular complexity index is 377. The summed E-state index contributed by atoms with van der Waals surface area (Å²) < 4.78 is 11.5. The summed E-state index contributed by atoms with van der Waals surface area (Å²) in [7, 11) is 0. The van der Waals surface area contributed by atoms with Gasteiger partial charge in [0.25, 0.3) is 0 Å². The highest BCUT2D eigenvalue weighted by Crippen LogP contribution is 2.27. The summed E-state index contributed by atoms with van der Waals surface area (Å²) in [5.74, 6) is 1.69. The van der Waals surface area contributed by atoms with E-state index in [1.165, 1.54) is 0 Å². The minimum Gasteiger partial charge on any atom is -0.490 e. The monoisotopic (exact) mass is 279 g/mol. The molecule has 0 fully saturated rings. The molecular formula is C17H29NO2. The van der Waals surface area contributed by atoms with E-state index in [0.29, 0.717) is 0 Å². The van der Waals surface area contributed by atoms with Crippen LogP contribution in [0.2, 0.25) is 0 Å². The Morgan fingerprint density at radius 1 is 1.00 bits per heavy atom. The maximum Gasteiger partial charge on any atom is 0.161 e. The maximum absolute atomic E-state index is 5.83. The summed E-state index contributed by atoms with van der Waals surface area (Å²) >= 11 is 0. The number of para-hydroxylation sites is 2. The molecule has 114 valence electrons. The van der Waals surface area contributed by atoms with Crippen LogP contribution in [0.1, 0.15) is 46.5 Å². The molecule has 3 heteroatoms. The van der Waals surface area contributed by atoms with Crippen molar-refractivity contribution in [3.63, 3.8) is 0 Å². The molecule has 0 bridgehead atoms. The summed E-state index contributed by atoms with van der Waals surface area (Å²) in [5, 5.41) is 0. The molecule has 0 saturated carbocycles. The number of nitrogens with two attached hydrogens (primary N) is 1. The van der Waals surface area contributed by atoms with E-state index in [1.807, 2.05) is 24.3 Å². The number of benzene rings is 1. The smallest absolute Gasteiger partial charge is 0.161 e. The van der Waals surface area contributed by atoms with E-state index in [2.05, 4.69) is 20.8 Å². The zero-order valence-electron chi connectivity index (χ0n) is 13.2. The Kier molecular flexibility index (Phi) is 7.45. The summed E-state index contributed by atoms with van der Waals surface area (Å²) in [6.07, 6.45) is 4.33. The fourth-order valence-corrected chi connectivity index (χ4v) is 1.89. The second-order valence-electron chi connectivity index (χ2n) is 5.97. The normalized spacial score (nSPS) is 11.4. The van der Waals surface area contributed by atoms with Crippen molar-refractivity contribution in [3.8, 4) is 11.5 Å². The maximum atomic E-state index is 5.83. The molecule has 0 aromatic heterocycles. The molecule has 2 N–H and O–H groups in total. The lowest BCUT2D eigenvalue weighted by Crippen LogP contribution is -2.23. The second kappa shape index (κ2) is 8.85. The summed E-state index contributed by atoms with van der Waals surface area (Å²) in [4.78, 5) is 0. The van der Waals surface area contributed by atoms with Crippen LogP contribution in [0, 0.1) is 5.41 Å². The summed E-state index contributed by atoms with van der Waals surface area (Å²) in [6.45, 7) is 8.71. The predicted octanol–water partition coefficient (Wildman–Crippen LogP) is 4.01. The Morgan fingerprint density at radius 3 is 2.15 bits per heavy atom. The van der Waals surface area contributed by atoms with E-state index in [-0.39, 0.29) is 5.41 Å². The van der Waals surface area contributed by atoms with Gasteiger partial charge in [-0.05, 0) is 49.8 Å². The van der Waals surface area contributed by atoms with Crippen LogP contribution < -0.4 is 15.2 Å². The zero-order valence-corrected chi connectivity index (χ0v) is 13.2. The Hall–Kier alpha value is -1.22. The average molecular weight is 279 g/mol. The van der Waals surface area contributed by atoms with Crippen LogP contribution >= 0.6 is 0 Å². The lowest BCUT2D eigenvalue weighted by Gasteiger charge is -2.21. The quantitative estimate of drug-likeness (QED) is 0.658. The number of rotatable bonds is 10. The second-order valence-corrected chi connectivity index (χ2v) is 5.97. The average Bonchev–Trinajstić information content (AvgIpc) is 2.45. The van der Waals surface area contributed by atoms with Crippen molar-refractivity contribution in [3.05, 3.63) is 24.3 Å². The SMILES string of the molecule is CCCOc1ccccc1OCCCCC(C)(C)CN. The zero-order chi connectivity index (χ0) is 14.8. The van der Waals surface area contributed by atoms with Crippen molar-refractivity contribution in [1.29, 1.82) is 0 Å². The molecule has 0 aliphatic heterocycles. The minimum absolute atomic E-state index is 0.238. The highest BCUT2D eigenvalue weighted by molar-refractivity contribution is 5.39. The first-order valence-electron chi connectivity index (χ1n) is 7.64. The fraction of sp³-hybridized carbons (Fsp3) is 0.647. The third-order valence-electron chi connectivity index (χ3n) is 3.37. The van der Waals surface area contributed by atoms with Gasteiger partial charge in [-0.2, -0.15) is 0 Å². The van der Waals surface area contributed by atoms with Gasteiger partial charge in [0.2, 0.25) is 0 Å². The first-order chi connectivity index (χ1) is 9.59. The number of unbranched alkanes of at least 4 members (excludes halogenated alkanes) is 1. The van der Waals surface area contributed by atoms with Gasteiger partial charge in [-0.1, -0.05) is 32.9 Å². The lowest BCUT2D eigenvalue weighted by atomic mass is 9.87. The standard InChI is InChI=1S/C17H29NO2/c1-4-12-19-15-9-5-6-10-16(15)20-13-8-7-11-17(2,3)14-18/h5-6,9-10H,4,7-8,11-14,18H2,1-3H3. The van der Waals surface area contributed by atoms with Crippen molar-refractivity contribution in [2.24, 2.45) is 11.1 Å². The van der Waals surface area contributed by atoms with Crippen LogP contribution in [0.5, 0.6) is 11.5 Å². The largest absolute Gasteiger partial charge is 0.490 e. The van der Waals surface area contributed by atoms with Gasteiger partial charge in [-0.15, -0.1) is 0 Å². The molecule has 1 aromatic rings. The lowest BCUT2D eigenvalue weighted by molar-refractivity contribution is 0.254. The third-order valence-corrected chi connectivity index (χ3v) is 3.37. The van der Waals surface area contributed by atoms with Gasteiger partial charge in [0, 0.05) is 0 Å². The molecule has 0 heterocycles. The summed E-state index contributed by atoms with van der Waals surface area (Å²) in [6, 6.07) is 7.88. The Labute approximate surface area is 123 Å². The highest BCUT2D eigenvalue weighted by Gasteiger charge is 2.14. The fourth-order valence-electron chi connectivity index (χ4n) is 1.89. The molecule has 0 aliphatic carbocycles. The van der Waals surface area contributed by atoms with Crippen molar-refractivity contribution in [2.45, 2.75) is 46.5 Å². The Morgan fingerprint density at radius 2 is 1.60 bits per heavy atom. The van der Waals surface area contributed by atoms with Gasteiger partial charge in [-0.3, -0.25) is 0 Å². The molecule has 0 unspecified atom stereocenters. The third kappa shape index (κ3) is 6.29. The van der Waals surface area contributed by atoms with E-state index in [0.717, 1.165) is 56.9 Å².